The van der Waals surface area contributed by atoms with Gasteiger partial charge >= 0.3 is 5.97 Å². The molecule has 92 valence electrons. The van der Waals surface area contributed by atoms with Crippen molar-refractivity contribution in [2.75, 3.05) is 6.61 Å². The molecule has 17 heavy (non-hydrogen) atoms. The molecule has 1 aromatic rings. The molecule has 0 heterocycles. The topological polar surface area (TPSA) is 68.1 Å². The van der Waals surface area contributed by atoms with Gasteiger partial charge in [-0.3, -0.25) is 0 Å². The predicted octanol–water partition coefficient (Wildman–Crippen LogP) is 1.91. The van der Waals surface area contributed by atoms with Crippen molar-refractivity contribution in [3.05, 3.63) is 29.8 Å². The third kappa shape index (κ3) is 5.55. The Morgan fingerprint density at radius 3 is 2.59 bits per heavy atom. The Morgan fingerprint density at radius 1 is 1.41 bits per heavy atom. The fraction of sp³-hybridized carbons (Fsp3) is 0.333. The Hall–Kier alpha value is -2.04. The van der Waals surface area contributed by atoms with E-state index in [2.05, 4.69) is 9.99 Å². The number of hydrogen-bond acceptors (Lipinski definition) is 4. The second kappa shape index (κ2) is 6.52. The molecule has 0 saturated carbocycles. The summed E-state index contributed by atoms with van der Waals surface area (Å²) in [5.74, 6) is -0.272. The third-order valence-corrected chi connectivity index (χ3v) is 1.72. The van der Waals surface area contributed by atoms with Crippen LogP contribution in [-0.4, -0.2) is 30.0 Å². The maximum atomic E-state index is 10.1. The second-order valence-corrected chi connectivity index (χ2v) is 3.64. The lowest BCUT2D eigenvalue weighted by molar-refractivity contribution is -0.142. The van der Waals surface area contributed by atoms with E-state index in [1.165, 1.54) is 6.21 Å². The first kappa shape index (κ1) is 13.0. The molecule has 0 saturated heterocycles. The monoisotopic (exact) mass is 237 g/mol. The Labute approximate surface area is 99.7 Å². The predicted molar refractivity (Wildman–Crippen MR) is 63.4 cm³/mol. The average molecular weight is 237 g/mol. The fourth-order valence-corrected chi connectivity index (χ4v) is 1.10. The highest BCUT2D eigenvalue weighted by atomic mass is 16.6. The quantitative estimate of drug-likeness (QED) is 0.606. The van der Waals surface area contributed by atoms with Crippen LogP contribution in [0.4, 0.5) is 0 Å². The maximum absolute atomic E-state index is 10.1. The van der Waals surface area contributed by atoms with Crippen LogP contribution in [-0.2, 0) is 9.63 Å². The molecule has 0 unspecified atom stereocenters. The van der Waals surface area contributed by atoms with E-state index in [0.29, 0.717) is 0 Å². The molecular formula is C12H15NO4. The van der Waals surface area contributed by atoms with Gasteiger partial charge in [-0.2, -0.15) is 0 Å². The summed E-state index contributed by atoms with van der Waals surface area (Å²) in [4.78, 5) is 14.7. The summed E-state index contributed by atoms with van der Waals surface area (Å²) in [5, 5.41) is 11.8. The summed E-state index contributed by atoms with van der Waals surface area (Å²) in [6, 6.07) is 7.26. The van der Waals surface area contributed by atoms with Gasteiger partial charge in [0.2, 0.25) is 6.61 Å². The van der Waals surface area contributed by atoms with Gasteiger partial charge in [0.05, 0.1) is 12.3 Å². The summed E-state index contributed by atoms with van der Waals surface area (Å²) >= 11 is 0. The van der Waals surface area contributed by atoms with Crippen molar-refractivity contribution in [1.29, 1.82) is 0 Å². The number of aliphatic carboxylic acids is 1. The summed E-state index contributed by atoms with van der Waals surface area (Å²) in [6.45, 7) is 3.47. The van der Waals surface area contributed by atoms with Gasteiger partial charge in [-0.25, -0.2) is 4.79 Å². The molecule has 1 aromatic carbocycles. The zero-order valence-corrected chi connectivity index (χ0v) is 9.79. The number of hydrogen-bond donors (Lipinski definition) is 1. The van der Waals surface area contributed by atoms with Crippen molar-refractivity contribution in [3.8, 4) is 5.75 Å². The molecule has 0 aliphatic rings. The van der Waals surface area contributed by atoms with Gasteiger partial charge in [-0.1, -0.05) is 5.16 Å². The van der Waals surface area contributed by atoms with Gasteiger partial charge in [-0.15, -0.1) is 0 Å². The van der Waals surface area contributed by atoms with Gasteiger partial charge in [0, 0.05) is 0 Å². The SMILES string of the molecule is CC(C)Oc1ccc(C=NOCC(=O)O)cc1. The molecule has 0 aliphatic heterocycles. The minimum absolute atomic E-state index is 0.133. The van der Waals surface area contributed by atoms with Crippen LogP contribution in [0, 0.1) is 0 Å². The highest BCUT2D eigenvalue weighted by Crippen LogP contribution is 2.12. The number of oxime groups is 1. The van der Waals surface area contributed by atoms with Crippen LogP contribution in [0.2, 0.25) is 0 Å². The number of carboxylic acids is 1. The van der Waals surface area contributed by atoms with E-state index in [1.807, 2.05) is 38.1 Å². The first-order valence-electron chi connectivity index (χ1n) is 5.22. The van der Waals surface area contributed by atoms with E-state index < -0.39 is 12.6 Å². The highest BCUT2D eigenvalue weighted by molar-refractivity contribution is 5.79. The zero-order chi connectivity index (χ0) is 12.7. The fourth-order valence-electron chi connectivity index (χ4n) is 1.10. The number of carboxylic acid groups (broad SMARTS) is 1. The molecule has 0 aliphatic carbocycles. The Morgan fingerprint density at radius 2 is 2.06 bits per heavy atom. The summed E-state index contributed by atoms with van der Waals surface area (Å²) in [6.07, 6.45) is 1.58. The van der Waals surface area contributed by atoms with Crippen LogP contribution < -0.4 is 4.74 Å². The molecule has 0 bridgehead atoms. The Bertz CT molecular complexity index is 384. The molecule has 0 spiro atoms. The smallest absolute Gasteiger partial charge is 0.344 e. The van der Waals surface area contributed by atoms with E-state index in [9.17, 15) is 4.79 Å². The lowest BCUT2D eigenvalue weighted by Gasteiger charge is -2.08. The van der Waals surface area contributed by atoms with Crippen molar-refractivity contribution in [2.24, 2.45) is 5.16 Å². The number of carbonyl (C=O) groups is 1. The number of nitrogens with zero attached hydrogens (tertiary/aromatic N) is 1. The van der Waals surface area contributed by atoms with Crippen LogP contribution in [0.25, 0.3) is 0 Å². The molecule has 0 atom stereocenters. The number of benzene rings is 1. The molecule has 1 N–H and O–H groups in total. The molecule has 1 rings (SSSR count). The normalized spacial score (nSPS) is 10.8. The van der Waals surface area contributed by atoms with E-state index in [0.717, 1.165) is 11.3 Å². The first-order valence-corrected chi connectivity index (χ1v) is 5.22. The van der Waals surface area contributed by atoms with E-state index >= 15 is 0 Å². The van der Waals surface area contributed by atoms with Gasteiger partial charge < -0.3 is 14.7 Å². The number of ether oxygens (including phenoxy) is 1. The first-order chi connectivity index (χ1) is 8.08. The standard InChI is InChI=1S/C12H15NO4/c1-9(2)17-11-5-3-10(4-6-11)7-13-16-8-12(14)15/h3-7,9H,8H2,1-2H3,(H,14,15). The molecular weight excluding hydrogens is 222 g/mol. The van der Waals surface area contributed by atoms with E-state index in [4.69, 9.17) is 9.84 Å². The lowest BCUT2D eigenvalue weighted by atomic mass is 10.2. The van der Waals surface area contributed by atoms with Crippen molar-refractivity contribution in [2.45, 2.75) is 20.0 Å². The van der Waals surface area contributed by atoms with Gasteiger partial charge in [-0.05, 0) is 43.7 Å². The van der Waals surface area contributed by atoms with Crippen LogP contribution in [0.15, 0.2) is 29.4 Å². The molecule has 0 radical (unpaired) electrons. The van der Waals surface area contributed by atoms with Crippen molar-refractivity contribution in [3.63, 3.8) is 0 Å². The van der Waals surface area contributed by atoms with Gasteiger partial charge in [0.1, 0.15) is 5.75 Å². The van der Waals surface area contributed by atoms with Gasteiger partial charge in [0.25, 0.3) is 0 Å². The molecule has 5 nitrogen and oxygen atoms in total. The largest absolute Gasteiger partial charge is 0.491 e. The molecule has 5 heteroatoms. The second-order valence-electron chi connectivity index (χ2n) is 3.64. The molecule has 0 aromatic heterocycles. The Kier molecular flexibility index (Phi) is 5.00. The van der Waals surface area contributed by atoms with Gasteiger partial charge in [0.15, 0.2) is 0 Å². The minimum Gasteiger partial charge on any atom is -0.491 e. The third-order valence-electron chi connectivity index (χ3n) is 1.72. The van der Waals surface area contributed by atoms with Crippen LogP contribution >= 0.6 is 0 Å². The van der Waals surface area contributed by atoms with Crippen molar-refractivity contribution >= 4 is 12.2 Å². The minimum atomic E-state index is -1.05. The van der Waals surface area contributed by atoms with Crippen LogP contribution in [0.1, 0.15) is 19.4 Å². The number of rotatable bonds is 6. The summed E-state index contributed by atoms with van der Waals surface area (Å²) < 4.78 is 5.47. The van der Waals surface area contributed by atoms with Crippen molar-refractivity contribution < 1.29 is 19.5 Å². The lowest BCUT2D eigenvalue weighted by Crippen LogP contribution is -2.05. The molecule has 0 amide bonds. The highest BCUT2D eigenvalue weighted by Gasteiger charge is 1.97. The molecule has 0 fully saturated rings. The average Bonchev–Trinajstić information content (AvgIpc) is 2.25. The van der Waals surface area contributed by atoms with Crippen LogP contribution in [0.3, 0.4) is 0 Å². The van der Waals surface area contributed by atoms with E-state index in [1.54, 1.807) is 0 Å². The van der Waals surface area contributed by atoms with Crippen molar-refractivity contribution in [1.82, 2.24) is 0 Å². The summed E-state index contributed by atoms with van der Waals surface area (Å²) in [5.41, 5.74) is 0.812. The Balaban J connectivity index is 2.47. The summed E-state index contributed by atoms with van der Waals surface area (Å²) in [7, 11) is 0. The maximum Gasteiger partial charge on any atom is 0.344 e. The van der Waals surface area contributed by atoms with Crippen LogP contribution in [0.5, 0.6) is 5.75 Å². The zero-order valence-electron chi connectivity index (χ0n) is 9.79. The van der Waals surface area contributed by atoms with E-state index in [-0.39, 0.29) is 6.10 Å².